The second-order valence-electron chi connectivity index (χ2n) is 6.77. The van der Waals surface area contributed by atoms with Gasteiger partial charge in [0.05, 0.1) is 18.7 Å². The Balaban J connectivity index is 1.82. The molecule has 1 N–H and O–H groups in total. The summed E-state index contributed by atoms with van der Waals surface area (Å²) in [4.78, 5) is 25.7. The average molecular weight is 420 g/mol. The number of rotatable bonds is 7. The summed E-state index contributed by atoms with van der Waals surface area (Å²) in [6.45, 7) is 6.05. The number of piperazine rings is 1. The molecular formula is C20H26ClN5O3. The highest BCUT2D eigenvalue weighted by atomic mass is 35.5. The van der Waals surface area contributed by atoms with Gasteiger partial charge in [0.1, 0.15) is 17.1 Å². The molecule has 2 heterocycles. The number of nitrogens with one attached hydrogen (secondary N) is 1. The largest absolute Gasteiger partial charge is 0.495 e. The SMILES string of the molecule is CCOC(=O)c1cnc(N2CCN(C)CC2)nc1NCc1ccc(OC)c(Cl)c1. The fourth-order valence-electron chi connectivity index (χ4n) is 3.03. The van der Waals surface area contributed by atoms with Crippen molar-refractivity contribution in [3.63, 3.8) is 0 Å². The van der Waals surface area contributed by atoms with Gasteiger partial charge in [0.2, 0.25) is 5.95 Å². The van der Waals surface area contributed by atoms with E-state index in [2.05, 4.69) is 32.1 Å². The van der Waals surface area contributed by atoms with Gasteiger partial charge in [-0.3, -0.25) is 0 Å². The third-order valence-electron chi connectivity index (χ3n) is 4.73. The van der Waals surface area contributed by atoms with Crippen LogP contribution in [0.15, 0.2) is 24.4 Å². The molecule has 1 aliphatic rings. The van der Waals surface area contributed by atoms with E-state index in [-0.39, 0.29) is 6.61 Å². The molecular weight excluding hydrogens is 394 g/mol. The molecule has 1 aliphatic heterocycles. The van der Waals surface area contributed by atoms with Gasteiger partial charge in [0, 0.05) is 38.9 Å². The van der Waals surface area contributed by atoms with Crippen molar-refractivity contribution in [2.75, 3.05) is 57.2 Å². The lowest BCUT2D eigenvalue weighted by Crippen LogP contribution is -2.45. The number of hydrogen-bond donors (Lipinski definition) is 1. The quantitative estimate of drug-likeness (QED) is 0.686. The molecule has 1 aromatic carbocycles. The number of halogens is 1. The molecule has 2 aromatic rings. The van der Waals surface area contributed by atoms with Crippen molar-refractivity contribution in [1.82, 2.24) is 14.9 Å². The van der Waals surface area contributed by atoms with E-state index in [1.165, 1.54) is 6.20 Å². The first-order valence-corrected chi connectivity index (χ1v) is 9.93. The standard InChI is InChI=1S/C20H26ClN5O3/c1-4-29-19(27)15-13-23-20(26-9-7-25(2)8-10-26)24-18(15)22-12-14-5-6-17(28-3)16(21)11-14/h5-6,11,13H,4,7-10,12H2,1-3H3,(H,22,23,24). The van der Waals surface area contributed by atoms with Crippen LogP contribution in [0.4, 0.5) is 11.8 Å². The van der Waals surface area contributed by atoms with Gasteiger partial charge in [-0.25, -0.2) is 9.78 Å². The van der Waals surface area contributed by atoms with Gasteiger partial charge < -0.3 is 24.6 Å². The number of hydrogen-bond acceptors (Lipinski definition) is 8. The Morgan fingerprint density at radius 2 is 2.03 bits per heavy atom. The van der Waals surface area contributed by atoms with Crippen LogP contribution in [0.1, 0.15) is 22.8 Å². The van der Waals surface area contributed by atoms with E-state index in [1.807, 2.05) is 12.1 Å². The average Bonchev–Trinajstić information content (AvgIpc) is 2.73. The Labute approximate surface area is 175 Å². The molecule has 0 aliphatic carbocycles. The third kappa shape index (κ3) is 5.27. The van der Waals surface area contributed by atoms with E-state index in [1.54, 1.807) is 20.1 Å². The number of anilines is 2. The number of carbonyl (C=O) groups excluding carboxylic acids is 1. The molecule has 3 rings (SSSR count). The monoisotopic (exact) mass is 419 g/mol. The number of nitrogens with zero attached hydrogens (tertiary/aromatic N) is 4. The summed E-state index contributed by atoms with van der Waals surface area (Å²) in [5.41, 5.74) is 1.25. The molecule has 0 saturated carbocycles. The first-order chi connectivity index (χ1) is 14.0. The molecule has 0 atom stereocenters. The van der Waals surface area contributed by atoms with Crippen molar-refractivity contribution >= 4 is 29.3 Å². The molecule has 0 unspecified atom stereocenters. The van der Waals surface area contributed by atoms with Crippen molar-refractivity contribution in [3.05, 3.63) is 40.5 Å². The Bertz CT molecular complexity index is 856. The van der Waals surface area contributed by atoms with E-state index >= 15 is 0 Å². The highest BCUT2D eigenvalue weighted by Gasteiger charge is 2.21. The summed E-state index contributed by atoms with van der Waals surface area (Å²) in [6.07, 6.45) is 1.53. The van der Waals surface area contributed by atoms with Crippen molar-refractivity contribution < 1.29 is 14.3 Å². The van der Waals surface area contributed by atoms with Gasteiger partial charge in [-0.15, -0.1) is 0 Å². The lowest BCUT2D eigenvalue weighted by Gasteiger charge is -2.32. The van der Waals surface area contributed by atoms with Crippen molar-refractivity contribution in [1.29, 1.82) is 0 Å². The maximum absolute atomic E-state index is 12.3. The van der Waals surface area contributed by atoms with Gasteiger partial charge in [-0.2, -0.15) is 4.98 Å². The fraction of sp³-hybridized carbons (Fsp3) is 0.450. The zero-order chi connectivity index (χ0) is 20.8. The number of esters is 1. The molecule has 0 amide bonds. The summed E-state index contributed by atoms with van der Waals surface area (Å²) in [5, 5.41) is 3.76. The smallest absolute Gasteiger partial charge is 0.343 e. The van der Waals surface area contributed by atoms with Gasteiger partial charge in [-0.1, -0.05) is 17.7 Å². The molecule has 0 spiro atoms. The summed E-state index contributed by atoms with van der Waals surface area (Å²) >= 11 is 6.21. The molecule has 29 heavy (non-hydrogen) atoms. The van der Waals surface area contributed by atoms with Crippen LogP contribution in [0.2, 0.25) is 5.02 Å². The second-order valence-corrected chi connectivity index (χ2v) is 7.17. The Kier molecular flexibility index (Phi) is 7.11. The fourth-order valence-corrected chi connectivity index (χ4v) is 3.31. The lowest BCUT2D eigenvalue weighted by molar-refractivity contribution is 0.0526. The molecule has 0 bridgehead atoms. The minimum absolute atomic E-state index is 0.284. The van der Waals surface area contributed by atoms with Gasteiger partial charge in [-0.05, 0) is 31.7 Å². The maximum atomic E-state index is 12.3. The van der Waals surface area contributed by atoms with E-state index in [4.69, 9.17) is 21.1 Å². The predicted molar refractivity (Wildman–Crippen MR) is 113 cm³/mol. The maximum Gasteiger partial charge on any atom is 0.343 e. The number of ether oxygens (including phenoxy) is 2. The summed E-state index contributed by atoms with van der Waals surface area (Å²) in [7, 11) is 3.67. The summed E-state index contributed by atoms with van der Waals surface area (Å²) in [5.74, 6) is 1.20. The first-order valence-electron chi connectivity index (χ1n) is 9.55. The number of benzene rings is 1. The van der Waals surface area contributed by atoms with Crippen LogP contribution in [0, 0.1) is 0 Å². The lowest BCUT2D eigenvalue weighted by atomic mass is 10.2. The zero-order valence-corrected chi connectivity index (χ0v) is 17.7. The zero-order valence-electron chi connectivity index (χ0n) is 16.9. The van der Waals surface area contributed by atoms with E-state index in [0.717, 1.165) is 31.7 Å². The van der Waals surface area contributed by atoms with Crippen LogP contribution < -0.4 is 15.0 Å². The van der Waals surface area contributed by atoms with Crippen molar-refractivity contribution in [2.45, 2.75) is 13.5 Å². The Hall–Kier alpha value is -2.58. The van der Waals surface area contributed by atoms with Crippen molar-refractivity contribution in [2.24, 2.45) is 0 Å². The van der Waals surface area contributed by atoms with Crippen LogP contribution >= 0.6 is 11.6 Å². The van der Waals surface area contributed by atoms with Gasteiger partial charge in [0.15, 0.2) is 0 Å². The predicted octanol–water partition coefficient (Wildman–Crippen LogP) is 2.68. The molecule has 1 aromatic heterocycles. The van der Waals surface area contributed by atoms with Gasteiger partial charge >= 0.3 is 5.97 Å². The van der Waals surface area contributed by atoms with E-state index < -0.39 is 5.97 Å². The van der Waals surface area contributed by atoms with E-state index in [0.29, 0.717) is 34.6 Å². The van der Waals surface area contributed by atoms with Crippen LogP contribution in [-0.2, 0) is 11.3 Å². The number of likely N-dealkylation sites (N-methyl/N-ethyl adjacent to an activating group) is 1. The molecule has 0 radical (unpaired) electrons. The number of methoxy groups -OCH3 is 1. The van der Waals surface area contributed by atoms with Crippen LogP contribution in [-0.4, -0.2) is 67.8 Å². The minimum Gasteiger partial charge on any atom is -0.495 e. The Morgan fingerprint density at radius 1 is 1.28 bits per heavy atom. The number of aromatic nitrogens is 2. The summed E-state index contributed by atoms with van der Waals surface area (Å²) < 4.78 is 10.3. The normalized spacial score (nSPS) is 14.6. The molecule has 1 fully saturated rings. The van der Waals surface area contributed by atoms with Crippen LogP contribution in [0.25, 0.3) is 0 Å². The highest BCUT2D eigenvalue weighted by Crippen LogP contribution is 2.26. The topological polar surface area (TPSA) is 79.8 Å². The van der Waals surface area contributed by atoms with Crippen LogP contribution in [0.3, 0.4) is 0 Å². The minimum atomic E-state index is -0.451. The van der Waals surface area contributed by atoms with Crippen LogP contribution in [0.5, 0.6) is 5.75 Å². The summed E-state index contributed by atoms with van der Waals surface area (Å²) in [6, 6.07) is 5.53. The molecule has 9 heteroatoms. The first kappa shape index (κ1) is 21.1. The second kappa shape index (κ2) is 9.76. The highest BCUT2D eigenvalue weighted by molar-refractivity contribution is 6.32. The van der Waals surface area contributed by atoms with Gasteiger partial charge in [0.25, 0.3) is 0 Å². The molecule has 156 valence electrons. The number of carbonyl (C=O) groups is 1. The Morgan fingerprint density at radius 3 is 2.69 bits per heavy atom. The van der Waals surface area contributed by atoms with Crippen molar-refractivity contribution in [3.8, 4) is 5.75 Å². The van der Waals surface area contributed by atoms with E-state index in [9.17, 15) is 4.79 Å². The third-order valence-corrected chi connectivity index (χ3v) is 5.03. The molecule has 8 nitrogen and oxygen atoms in total. The molecule has 1 saturated heterocycles.